The lowest BCUT2D eigenvalue weighted by Gasteiger charge is -2.37. The van der Waals surface area contributed by atoms with E-state index < -0.39 is 53.5 Å². The van der Waals surface area contributed by atoms with Crippen molar-refractivity contribution in [3.05, 3.63) is 125 Å². The second-order valence-electron chi connectivity index (χ2n) is 9.59. The van der Waals surface area contributed by atoms with Gasteiger partial charge in [-0.05, 0) is 59.2 Å². The second kappa shape index (κ2) is 13.0. The quantitative estimate of drug-likeness (QED) is 0.168. The molecule has 1 atom stereocenters. The first-order valence-electron chi connectivity index (χ1n) is 12.8. The first kappa shape index (κ1) is 33.0. The van der Waals surface area contributed by atoms with Gasteiger partial charge < -0.3 is 19.5 Å². The van der Waals surface area contributed by atoms with Crippen molar-refractivity contribution in [2.75, 3.05) is 7.11 Å². The fourth-order valence-electron chi connectivity index (χ4n) is 4.56. The Kier molecular flexibility index (Phi) is 9.54. The Morgan fingerprint density at radius 1 is 0.778 bits per heavy atom. The van der Waals surface area contributed by atoms with Crippen LogP contribution < -0.4 is 19.5 Å². The number of nitrogens with one attached hydrogen (secondary N) is 1. The Labute approximate surface area is 250 Å². The summed E-state index contributed by atoms with van der Waals surface area (Å²) in [5.41, 5.74) is -2.32. The lowest BCUT2D eigenvalue weighted by Crippen LogP contribution is -2.48. The van der Waals surface area contributed by atoms with E-state index in [0.29, 0.717) is 11.6 Å². The van der Waals surface area contributed by atoms with E-state index in [-0.39, 0.29) is 28.9 Å². The summed E-state index contributed by atoms with van der Waals surface area (Å²) in [5.74, 6) is -5.30. The lowest BCUT2D eigenvalue weighted by molar-refractivity contribution is -0.274. The van der Waals surface area contributed by atoms with Crippen molar-refractivity contribution in [3.63, 3.8) is 0 Å². The molecule has 1 amide bonds. The first-order valence-corrected chi connectivity index (χ1v) is 12.8. The largest absolute Gasteiger partial charge is 0.573 e. The van der Waals surface area contributed by atoms with Crippen LogP contribution in [0.1, 0.15) is 27.0 Å². The van der Waals surface area contributed by atoms with Gasteiger partial charge in [-0.1, -0.05) is 42.5 Å². The smallest absolute Gasteiger partial charge is 0.494 e. The molecule has 45 heavy (non-hydrogen) atoms. The minimum absolute atomic E-state index is 0.0159. The molecule has 4 rings (SSSR count). The van der Waals surface area contributed by atoms with Crippen LogP contribution in [0.3, 0.4) is 0 Å². The molecule has 0 aliphatic heterocycles. The fraction of sp³-hybridized carbons (Fsp3) is 0.194. The van der Waals surface area contributed by atoms with Gasteiger partial charge in [0.1, 0.15) is 17.3 Å². The monoisotopic (exact) mass is 643 g/mol. The minimum Gasteiger partial charge on any atom is -0.494 e. The van der Waals surface area contributed by atoms with Crippen molar-refractivity contribution >= 4 is 5.91 Å². The van der Waals surface area contributed by atoms with E-state index in [1.54, 1.807) is 30.3 Å². The zero-order chi connectivity index (χ0) is 33.0. The molecule has 238 valence electrons. The zero-order valence-electron chi connectivity index (χ0n) is 23.0. The highest BCUT2D eigenvalue weighted by molar-refractivity contribution is 5.95. The summed E-state index contributed by atoms with van der Waals surface area (Å²) in [6.45, 7) is 0. The van der Waals surface area contributed by atoms with Crippen molar-refractivity contribution < 1.29 is 58.5 Å². The third-order valence-corrected chi connectivity index (χ3v) is 6.48. The van der Waals surface area contributed by atoms with Crippen LogP contribution >= 0.6 is 0 Å². The highest BCUT2D eigenvalue weighted by Crippen LogP contribution is 2.39. The molecule has 0 aromatic heterocycles. The average molecular weight is 644 g/mol. The summed E-state index contributed by atoms with van der Waals surface area (Å²) in [4.78, 5) is 13.7. The van der Waals surface area contributed by atoms with Gasteiger partial charge in [0.05, 0.1) is 12.6 Å². The molecule has 0 aliphatic carbocycles. The van der Waals surface area contributed by atoms with Gasteiger partial charge in [0.2, 0.25) is 0 Å². The minimum atomic E-state index is -5.09. The summed E-state index contributed by atoms with van der Waals surface area (Å²) in [5, 5.41) is 2.62. The molecule has 0 unspecified atom stereocenters. The molecule has 4 aromatic rings. The number of benzene rings is 4. The highest BCUT2D eigenvalue weighted by atomic mass is 19.4. The third kappa shape index (κ3) is 7.99. The van der Waals surface area contributed by atoms with Crippen molar-refractivity contribution in [1.29, 1.82) is 0 Å². The molecule has 5 nitrogen and oxygen atoms in total. The molecule has 1 N–H and O–H groups in total. The number of methoxy groups -OCH3 is 1. The maximum atomic E-state index is 15.0. The van der Waals surface area contributed by atoms with Gasteiger partial charge in [-0.3, -0.25) is 4.79 Å². The van der Waals surface area contributed by atoms with Gasteiger partial charge in [0, 0.05) is 18.1 Å². The second-order valence-corrected chi connectivity index (χ2v) is 9.59. The van der Waals surface area contributed by atoms with Gasteiger partial charge in [0.25, 0.3) is 5.91 Å². The van der Waals surface area contributed by atoms with E-state index in [2.05, 4.69) is 14.8 Å². The van der Waals surface area contributed by atoms with Gasteiger partial charge in [-0.15, -0.1) is 13.2 Å². The number of hydrogen-bond donors (Lipinski definition) is 1. The maximum absolute atomic E-state index is 15.0. The van der Waals surface area contributed by atoms with Crippen LogP contribution in [0.4, 0.5) is 39.5 Å². The van der Waals surface area contributed by atoms with E-state index in [1.807, 2.05) is 0 Å². The SMILES string of the molecule is COc1cc([C@@](Cc2ccccc2)(NC(=O)c2cccc(OC(F)(F)F)c2)c2cc(F)cc(OC(F)(F)C(F)F)c2)ccc1F. The van der Waals surface area contributed by atoms with Crippen molar-refractivity contribution in [2.45, 2.75) is 30.9 Å². The first-order chi connectivity index (χ1) is 21.1. The fourth-order valence-corrected chi connectivity index (χ4v) is 4.56. The van der Waals surface area contributed by atoms with Crippen molar-refractivity contribution in [2.24, 2.45) is 0 Å². The number of amides is 1. The van der Waals surface area contributed by atoms with E-state index in [4.69, 9.17) is 4.74 Å². The lowest BCUT2D eigenvalue weighted by atomic mass is 9.77. The van der Waals surface area contributed by atoms with Gasteiger partial charge in [-0.2, -0.15) is 17.6 Å². The van der Waals surface area contributed by atoms with E-state index in [0.717, 1.165) is 55.6 Å². The molecule has 0 radical (unpaired) electrons. The number of alkyl halides is 7. The molecule has 0 fully saturated rings. The van der Waals surface area contributed by atoms with Gasteiger partial charge in [0.15, 0.2) is 11.6 Å². The Balaban J connectivity index is 1.96. The van der Waals surface area contributed by atoms with Gasteiger partial charge >= 0.3 is 18.9 Å². The van der Waals surface area contributed by atoms with Crippen LogP contribution in [0.15, 0.2) is 91.0 Å². The number of rotatable bonds is 11. The Bertz CT molecular complexity index is 1650. The summed E-state index contributed by atoms with van der Waals surface area (Å²) in [6.07, 6.45) is -14.7. The van der Waals surface area contributed by atoms with Crippen LogP contribution in [-0.4, -0.2) is 31.9 Å². The number of hydrogen-bond acceptors (Lipinski definition) is 4. The predicted molar refractivity (Wildman–Crippen MR) is 142 cm³/mol. The molecule has 0 aliphatic rings. The van der Waals surface area contributed by atoms with Crippen LogP contribution in [-0.2, 0) is 12.0 Å². The summed E-state index contributed by atoms with van der Waals surface area (Å²) < 4.78 is 135. The molecule has 0 saturated carbocycles. The maximum Gasteiger partial charge on any atom is 0.573 e. The molecule has 4 aromatic carbocycles. The van der Waals surface area contributed by atoms with Crippen LogP contribution in [0, 0.1) is 11.6 Å². The Morgan fingerprint density at radius 3 is 2.13 bits per heavy atom. The van der Waals surface area contributed by atoms with E-state index >= 15 is 4.39 Å². The van der Waals surface area contributed by atoms with Crippen molar-refractivity contribution in [1.82, 2.24) is 5.32 Å². The topological polar surface area (TPSA) is 56.8 Å². The summed E-state index contributed by atoms with van der Waals surface area (Å²) in [7, 11) is 1.13. The van der Waals surface area contributed by atoms with Crippen LogP contribution in [0.5, 0.6) is 17.2 Å². The highest BCUT2D eigenvalue weighted by Gasteiger charge is 2.45. The van der Waals surface area contributed by atoms with Crippen LogP contribution in [0.25, 0.3) is 0 Å². The number of ether oxygens (including phenoxy) is 3. The zero-order valence-corrected chi connectivity index (χ0v) is 23.0. The van der Waals surface area contributed by atoms with Crippen molar-refractivity contribution in [3.8, 4) is 17.2 Å². The molecule has 0 heterocycles. The number of carbonyl (C=O) groups excluding carboxylic acids is 1. The summed E-state index contributed by atoms with van der Waals surface area (Å²) >= 11 is 0. The average Bonchev–Trinajstić information content (AvgIpc) is 2.96. The third-order valence-electron chi connectivity index (χ3n) is 6.48. The number of halogens is 9. The predicted octanol–water partition coefficient (Wildman–Crippen LogP) is 8.03. The van der Waals surface area contributed by atoms with Crippen LogP contribution in [0.2, 0.25) is 0 Å². The van der Waals surface area contributed by atoms with E-state index in [1.165, 1.54) is 6.07 Å². The molecule has 0 bridgehead atoms. The molecule has 0 spiro atoms. The normalized spacial score (nSPS) is 13.2. The molecular weight excluding hydrogens is 621 g/mol. The molecule has 14 heteroatoms. The Morgan fingerprint density at radius 2 is 1.49 bits per heavy atom. The van der Waals surface area contributed by atoms with E-state index in [9.17, 15) is 39.9 Å². The Hall–Kier alpha value is -4.88. The standard InChI is InChI=1S/C31H22F9NO4/c1-43-26-15-20(10-11-25(26)33)29(17-18-6-3-2-4-7-18,21-13-22(32)16-24(14-21)44-30(36,37)28(34)35)41-27(42)19-8-5-9-23(12-19)45-31(38,39)40/h2-16,28H,17H2,1H3,(H,41,42)/t29-/m1/s1. The van der Waals surface area contributed by atoms with Gasteiger partial charge in [-0.25, -0.2) is 8.78 Å². The molecule has 0 saturated heterocycles. The summed E-state index contributed by atoms with van der Waals surface area (Å²) in [6, 6.07) is 17.2. The molecular formula is C31H22F9NO4. The number of carbonyl (C=O) groups is 1.